The van der Waals surface area contributed by atoms with Crippen molar-refractivity contribution < 1.29 is 9.13 Å². The lowest BCUT2D eigenvalue weighted by atomic mass is 10.2. The third-order valence-electron chi connectivity index (χ3n) is 3.92. The zero-order valence-electron chi connectivity index (χ0n) is 15.2. The molecular weight excluding hydrogens is 363 g/mol. The van der Waals surface area contributed by atoms with Gasteiger partial charge in [-0.3, -0.25) is 4.99 Å². The monoisotopic (exact) mass is 384 g/mol. The number of aliphatic imine (C=N–C) groups is 1. The lowest BCUT2D eigenvalue weighted by Gasteiger charge is -2.14. The predicted octanol–water partition coefficient (Wildman–Crippen LogP) is 4.25. The number of rotatable bonds is 6. The van der Waals surface area contributed by atoms with Crippen LogP contribution in [0.15, 0.2) is 59.0 Å². The number of guanidine groups is 1. The first-order valence-corrected chi connectivity index (χ1v) is 9.38. The SMILES string of the molecule is CN=C(NCc1cccnc1Oc1cccc(F)c1)NCc1sccc1C. The molecule has 0 saturated heterocycles. The summed E-state index contributed by atoms with van der Waals surface area (Å²) in [6, 6.07) is 11.8. The van der Waals surface area contributed by atoms with E-state index in [1.807, 2.05) is 12.1 Å². The van der Waals surface area contributed by atoms with Gasteiger partial charge in [-0.25, -0.2) is 9.37 Å². The summed E-state index contributed by atoms with van der Waals surface area (Å²) in [5.41, 5.74) is 2.11. The molecule has 0 aliphatic carbocycles. The van der Waals surface area contributed by atoms with Gasteiger partial charge in [0.2, 0.25) is 5.88 Å². The molecule has 27 heavy (non-hydrogen) atoms. The second-order valence-corrected chi connectivity index (χ2v) is 6.83. The van der Waals surface area contributed by atoms with Crippen LogP contribution in [0.5, 0.6) is 11.6 Å². The van der Waals surface area contributed by atoms with E-state index in [2.05, 4.69) is 39.0 Å². The van der Waals surface area contributed by atoms with E-state index in [-0.39, 0.29) is 5.82 Å². The smallest absolute Gasteiger partial charge is 0.224 e. The minimum Gasteiger partial charge on any atom is -0.439 e. The molecule has 2 aromatic heterocycles. The Bertz CT molecular complexity index is 926. The molecule has 0 atom stereocenters. The van der Waals surface area contributed by atoms with Crippen molar-refractivity contribution in [3.8, 4) is 11.6 Å². The van der Waals surface area contributed by atoms with Crippen LogP contribution in [-0.2, 0) is 13.1 Å². The quantitative estimate of drug-likeness (QED) is 0.493. The van der Waals surface area contributed by atoms with Gasteiger partial charge in [0.05, 0.1) is 6.54 Å². The predicted molar refractivity (Wildman–Crippen MR) is 107 cm³/mol. The Morgan fingerprint density at radius 1 is 1.19 bits per heavy atom. The number of nitrogens with one attached hydrogen (secondary N) is 2. The summed E-state index contributed by atoms with van der Waals surface area (Å²) in [7, 11) is 1.73. The van der Waals surface area contributed by atoms with E-state index in [9.17, 15) is 4.39 Å². The molecule has 0 aliphatic rings. The average Bonchev–Trinajstić information content (AvgIpc) is 3.08. The first-order valence-electron chi connectivity index (χ1n) is 8.50. The Morgan fingerprint density at radius 2 is 2.04 bits per heavy atom. The third-order valence-corrected chi connectivity index (χ3v) is 4.94. The van der Waals surface area contributed by atoms with Gasteiger partial charge in [-0.15, -0.1) is 11.3 Å². The van der Waals surface area contributed by atoms with Crippen LogP contribution in [-0.4, -0.2) is 18.0 Å². The molecule has 0 bridgehead atoms. The average molecular weight is 384 g/mol. The van der Waals surface area contributed by atoms with Gasteiger partial charge in [-0.2, -0.15) is 0 Å². The number of halogens is 1. The van der Waals surface area contributed by atoms with Crippen LogP contribution < -0.4 is 15.4 Å². The van der Waals surface area contributed by atoms with Crippen LogP contribution in [0.4, 0.5) is 4.39 Å². The van der Waals surface area contributed by atoms with E-state index in [0.29, 0.717) is 30.7 Å². The maximum atomic E-state index is 13.4. The molecule has 3 rings (SSSR count). The molecule has 2 heterocycles. The Balaban J connectivity index is 1.62. The topological polar surface area (TPSA) is 58.5 Å². The Labute approximate surface area is 162 Å². The molecule has 0 spiro atoms. The molecule has 1 aromatic carbocycles. The number of ether oxygens (including phenoxy) is 1. The van der Waals surface area contributed by atoms with Crippen molar-refractivity contribution in [3.63, 3.8) is 0 Å². The minimum absolute atomic E-state index is 0.350. The number of benzene rings is 1. The number of nitrogens with zero attached hydrogens (tertiary/aromatic N) is 2. The Kier molecular flexibility index (Phi) is 6.38. The molecule has 0 fully saturated rings. The van der Waals surface area contributed by atoms with Crippen molar-refractivity contribution in [2.75, 3.05) is 7.05 Å². The Hall–Kier alpha value is -2.93. The lowest BCUT2D eigenvalue weighted by molar-refractivity contribution is 0.450. The summed E-state index contributed by atoms with van der Waals surface area (Å²) in [5.74, 6) is 1.17. The first kappa shape index (κ1) is 18.8. The van der Waals surface area contributed by atoms with E-state index in [1.54, 1.807) is 36.7 Å². The summed E-state index contributed by atoms with van der Waals surface area (Å²) >= 11 is 1.72. The van der Waals surface area contributed by atoms with Crippen molar-refractivity contribution >= 4 is 17.3 Å². The van der Waals surface area contributed by atoms with Crippen LogP contribution >= 0.6 is 11.3 Å². The largest absolute Gasteiger partial charge is 0.439 e. The summed E-state index contributed by atoms with van der Waals surface area (Å²) in [6.07, 6.45) is 1.64. The molecule has 0 saturated carbocycles. The van der Waals surface area contributed by atoms with Gasteiger partial charge in [-0.1, -0.05) is 12.1 Å². The van der Waals surface area contributed by atoms with E-state index in [4.69, 9.17) is 4.74 Å². The number of hydrogen-bond donors (Lipinski definition) is 2. The second-order valence-electron chi connectivity index (χ2n) is 5.83. The summed E-state index contributed by atoms with van der Waals surface area (Å²) in [6.45, 7) is 3.28. The summed E-state index contributed by atoms with van der Waals surface area (Å²) < 4.78 is 19.1. The molecule has 0 unspecified atom stereocenters. The number of hydrogen-bond acceptors (Lipinski definition) is 4. The number of aryl methyl sites for hydroxylation is 1. The number of pyridine rings is 1. The fourth-order valence-electron chi connectivity index (χ4n) is 2.44. The highest BCUT2D eigenvalue weighted by Crippen LogP contribution is 2.23. The molecule has 3 aromatic rings. The van der Waals surface area contributed by atoms with Crippen LogP contribution in [0, 0.1) is 12.7 Å². The summed E-state index contributed by atoms with van der Waals surface area (Å²) in [5, 5.41) is 8.63. The van der Waals surface area contributed by atoms with Crippen molar-refractivity contribution in [1.29, 1.82) is 0 Å². The highest BCUT2D eigenvalue weighted by atomic mass is 32.1. The van der Waals surface area contributed by atoms with Crippen molar-refractivity contribution in [2.45, 2.75) is 20.0 Å². The zero-order chi connectivity index (χ0) is 19.1. The Morgan fingerprint density at radius 3 is 2.78 bits per heavy atom. The summed E-state index contributed by atoms with van der Waals surface area (Å²) in [4.78, 5) is 9.78. The standard InChI is InChI=1S/C20H21FN4OS/c1-14-8-10-27-18(14)13-25-20(22-2)24-12-15-5-4-9-23-19(15)26-17-7-3-6-16(21)11-17/h3-11H,12-13H2,1-2H3,(H2,22,24,25). The third kappa shape index (κ3) is 5.27. The second kappa shape index (κ2) is 9.14. The maximum Gasteiger partial charge on any atom is 0.224 e. The first-order chi connectivity index (χ1) is 13.2. The van der Waals surface area contributed by atoms with Gasteiger partial charge in [0, 0.05) is 36.3 Å². The molecule has 5 nitrogen and oxygen atoms in total. The van der Waals surface area contributed by atoms with E-state index in [1.165, 1.54) is 22.6 Å². The fourth-order valence-corrected chi connectivity index (χ4v) is 3.29. The number of aromatic nitrogens is 1. The highest BCUT2D eigenvalue weighted by Gasteiger charge is 2.08. The fraction of sp³-hybridized carbons (Fsp3) is 0.200. The van der Waals surface area contributed by atoms with Gasteiger partial charge >= 0.3 is 0 Å². The van der Waals surface area contributed by atoms with Crippen molar-refractivity contribution in [3.05, 3.63) is 75.9 Å². The van der Waals surface area contributed by atoms with Crippen LogP contribution in [0.1, 0.15) is 16.0 Å². The van der Waals surface area contributed by atoms with Gasteiger partial charge in [0.15, 0.2) is 5.96 Å². The number of thiophene rings is 1. The van der Waals surface area contributed by atoms with Gasteiger partial charge < -0.3 is 15.4 Å². The van der Waals surface area contributed by atoms with Gasteiger partial charge in [0.1, 0.15) is 11.6 Å². The molecule has 2 N–H and O–H groups in total. The van der Waals surface area contributed by atoms with Crippen LogP contribution in [0.25, 0.3) is 0 Å². The highest BCUT2D eigenvalue weighted by molar-refractivity contribution is 7.10. The molecule has 0 amide bonds. The lowest BCUT2D eigenvalue weighted by Crippen LogP contribution is -2.36. The molecule has 0 radical (unpaired) electrons. The zero-order valence-corrected chi connectivity index (χ0v) is 16.0. The minimum atomic E-state index is -0.350. The van der Waals surface area contributed by atoms with E-state index >= 15 is 0 Å². The van der Waals surface area contributed by atoms with E-state index < -0.39 is 0 Å². The molecular formula is C20H21FN4OS. The van der Waals surface area contributed by atoms with E-state index in [0.717, 1.165) is 5.56 Å². The molecule has 140 valence electrons. The molecule has 7 heteroatoms. The van der Waals surface area contributed by atoms with Crippen LogP contribution in [0.2, 0.25) is 0 Å². The van der Waals surface area contributed by atoms with Gasteiger partial charge in [0.25, 0.3) is 0 Å². The van der Waals surface area contributed by atoms with Crippen molar-refractivity contribution in [1.82, 2.24) is 15.6 Å². The molecule has 0 aliphatic heterocycles. The van der Waals surface area contributed by atoms with Gasteiger partial charge in [-0.05, 0) is 42.1 Å². The van der Waals surface area contributed by atoms with Crippen LogP contribution in [0.3, 0.4) is 0 Å². The van der Waals surface area contributed by atoms with Crippen molar-refractivity contribution in [2.24, 2.45) is 4.99 Å². The maximum absolute atomic E-state index is 13.4. The normalized spacial score (nSPS) is 11.3.